The van der Waals surface area contributed by atoms with Gasteiger partial charge in [0.15, 0.2) is 0 Å². The van der Waals surface area contributed by atoms with Crippen molar-refractivity contribution in [2.24, 2.45) is 11.8 Å². The molecule has 57 heavy (non-hydrogen) atoms. The maximum absolute atomic E-state index is 10.2. The fraction of sp³-hybridized carbons (Fsp3) is 0.378. The number of carboxylic acid groups (broad SMARTS) is 4. The molecule has 4 rings (SSSR count). The Morgan fingerprint density at radius 2 is 0.667 bits per heavy atom. The number of unbranched alkanes of at least 4 members (excludes halogenated alkanes) is 1. The van der Waals surface area contributed by atoms with Crippen LogP contribution in [0.1, 0.15) is 114 Å². The average Bonchev–Trinajstić information content (AvgIpc) is 3.25. The number of benzene rings is 4. The van der Waals surface area contributed by atoms with Gasteiger partial charge in [-0.15, -0.1) is 0 Å². The van der Waals surface area contributed by atoms with Crippen molar-refractivity contribution < 1.29 is 60.0 Å². The highest BCUT2D eigenvalue weighted by molar-refractivity contribution is 5.88. The van der Waals surface area contributed by atoms with Crippen molar-refractivity contribution in [2.45, 2.75) is 84.8 Å². The number of carboxylic acids is 4. The Morgan fingerprint density at radius 1 is 0.421 bits per heavy atom. The lowest BCUT2D eigenvalue weighted by Gasteiger charge is -2.18. The minimum atomic E-state index is -0.879. The van der Waals surface area contributed by atoms with Gasteiger partial charge in [0.1, 0.15) is 0 Å². The maximum Gasteiger partial charge on any atom is 0.335 e. The number of hydrogen-bond acceptors (Lipinski definition) is 8. The molecule has 0 aromatic heterocycles. The summed E-state index contributed by atoms with van der Waals surface area (Å²) in [7, 11) is 0. The van der Waals surface area contributed by atoms with E-state index in [1.807, 2.05) is 13.8 Å². The number of aliphatic hydroxyl groups is 4. The largest absolute Gasteiger partial charge is 0.478 e. The molecule has 0 aliphatic rings. The second-order valence-electron chi connectivity index (χ2n) is 12.5. The predicted molar refractivity (Wildman–Crippen MR) is 222 cm³/mol. The Morgan fingerprint density at radius 3 is 0.825 bits per heavy atom. The van der Waals surface area contributed by atoms with Crippen molar-refractivity contribution in [2.75, 3.05) is 13.2 Å². The summed E-state index contributed by atoms with van der Waals surface area (Å²) in [6.07, 6.45) is 5.99. The van der Waals surface area contributed by atoms with Crippen LogP contribution in [0.15, 0.2) is 121 Å². The standard InChI is InChI=1S/C9H20O2.C8H18O2.4C7H6O2/c1-3-5-6-8(7-10)9(11)4-2;1-3-5-7(6-9)8(10)4-2;4*8-7(9)6-4-2-1-3-5-6/h8-11H,3-7H2,1-2H3;7-10H,3-6H2,1-2H3;4*1-5H,(H,8,9). The van der Waals surface area contributed by atoms with Gasteiger partial charge in [-0.2, -0.15) is 0 Å². The second kappa shape index (κ2) is 35.0. The Balaban J connectivity index is 0. The van der Waals surface area contributed by atoms with E-state index in [-0.39, 0.29) is 37.3 Å². The molecule has 4 unspecified atom stereocenters. The zero-order valence-electron chi connectivity index (χ0n) is 33.4. The van der Waals surface area contributed by atoms with Crippen LogP contribution in [-0.4, -0.2) is 90.2 Å². The molecule has 314 valence electrons. The van der Waals surface area contributed by atoms with Crippen LogP contribution in [0.25, 0.3) is 0 Å². The molecule has 0 radical (unpaired) electrons. The molecule has 4 atom stereocenters. The van der Waals surface area contributed by atoms with Crippen molar-refractivity contribution in [1.82, 2.24) is 0 Å². The van der Waals surface area contributed by atoms with Crippen LogP contribution in [0, 0.1) is 11.8 Å². The summed E-state index contributed by atoms with van der Waals surface area (Å²) in [5, 5.41) is 69.9. The lowest BCUT2D eigenvalue weighted by atomic mass is 9.95. The monoisotopic (exact) mass is 794 g/mol. The highest BCUT2D eigenvalue weighted by Gasteiger charge is 2.15. The van der Waals surface area contributed by atoms with Gasteiger partial charge in [-0.3, -0.25) is 0 Å². The van der Waals surface area contributed by atoms with Gasteiger partial charge in [0.05, 0.1) is 34.5 Å². The van der Waals surface area contributed by atoms with Crippen molar-refractivity contribution in [3.63, 3.8) is 0 Å². The zero-order valence-corrected chi connectivity index (χ0v) is 33.4. The fourth-order valence-corrected chi connectivity index (χ4v) is 4.64. The Bertz CT molecular complexity index is 1370. The van der Waals surface area contributed by atoms with E-state index < -0.39 is 23.9 Å². The van der Waals surface area contributed by atoms with Crippen LogP contribution >= 0.6 is 0 Å². The van der Waals surface area contributed by atoms with E-state index >= 15 is 0 Å². The molecule has 12 heteroatoms. The third-order valence-corrected chi connectivity index (χ3v) is 8.06. The first-order valence-corrected chi connectivity index (χ1v) is 18.9. The third kappa shape index (κ3) is 27.8. The average molecular weight is 795 g/mol. The molecule has 0 bridgehead atoms. The van der Waals surface area contributed by atoms with Crippen LogP contribution in [0.5, 0.6) is 0 Å². The lowest BCUT2D eigenvalue weighted by Crippen LogP contribution is -2.22. The van der Waals surface area contributed by atoms with Crippen LogP contribution in [0.4, 0.5) is 0 Å². The van der Waals surface area contributed by atoms with Crippen molar-refractivity contribution in [3.05, 3.63) is 144 Å². The summed E-state index contributed by atoms with van der Waals surface area (Å²) in [4.78, 5) is 40.8. The molecule has 4 aromatic carbocycles. The quantitative estimate of drug-likeness (QED) is 0.0569. The second-order valence-corrected chi connectivity index (χ2v) is 12.5. The van der Waals surface area contributed by atoms with Gasteiger partial charge in [0, 0.05) is 25.0 Å². The highest BCUT2D eigenvalue weighted by Crippen LogP contribution is 2.15. The molecule has 0 saturated carbocycles. The van der Waals surface area contributed by atoms with Gasteiger partial charge >= 0.3 is 23.9 Å². The summed E-state index contributed by atoms with van der Waals surface area (Å²) in [6, 6.07) is 33.2. The summed E-state index contributed by atoms with van der Waals surface area (Å²) in [6.45, 7) is 8.29. The van der Waals surface area contributed by atoms with Gasteiger partial charge in [0.2, 0.25) is 0 Å². The van der Waals surface area contributed by atoms with Crippen LogP contribution in [0.3, 0.4) is 0 Å². The van der Waals surface area contributed by atoms with E-state index in [1.165, 1.54) is 0 Å². The first kappa shape index (κ1) is 53.7. The van der Waals surface area contributed by atoms with Crippen molar-refractivity contribution in [3.8, 4) is 0 Å². The van der Waals surface area contributed by atoms with Crippen molar-refractivity contribution >= 4 is 23.9 Å². The normalized spacial score (nSPS) is 11.7. The van der Waals surface area contributed by atoms with E-state index in [0.717, 1.165) is 44.9 Å². The van der Waals surface area contributed by atoms with E-state index in [4.69, 9.17) is 30.6 Å². The lowest BCUT2D eigenvalue weighted by molar-refractivity contribution is 0.0583. The highest BCUT2D eigenvalue weighted by atomic mass is 16.4. The molecule has 0 spiro atoms. The smallest absolute Gasteiger partial charge is 0.335 e. The molecule has 0 heterocycles. The molecular formula is C45H62O12. The van der Waals surface area contributed by atoms with Crippen molar-refractivity contribution in [1.29, 1.82) is 0 Å². The molecule has 0 aliphatic carbocycles. The van der Waals surface area contributed by atoms with E-state index in [2.05, 4.69) is 13.8 Å². The van der Waals surface area contributed by atoms with E-state index in [9.17, 15) is 29.4 Å². The molecule has 0 aliphatic heterocycles. The summed E-state index contributed by atoms with van der Waals surface area (Å²) >= 11 is 0. The Labute approximate surface area is 336 Å². The first-order chi connectivity index (χ1) is 27.2. The number of carbonyl (C=O) groups is 4. The van der Waals surface area contributed by atoms with E-state index in [0.29, 0.717) is 22.3 Å². The summed E-state index contributed by atoms with van der Waals surface area (Å²) in [5.74, 6) is -3.33. The molecule has 0 amide bonds. The molecule has 8 N–H and O–H groups in total. The van der Waals surface area contributed by atoms with Gasteiger partial charge in [-0.05, 0) is 74.2 Å². The van der Waals surface area contributed by atoms with Gasteiger partial charge in [-0.25, -0.2) is 19.2 Å². The maximum atomic E-state index is 10.2. The minimum absolute atomic E-state index is 0.0926. The molecule has 4 aromatic rings. The van der Waals surface area contributed by atoms with Gasteiger partial charge in [0.25, 0.3) is 0 Å². The molecule has 0 fully saturated rings. The van der Waals surface area contributed by atoms with Gasteiger partial charge in [-0.1, -0.05) is 120 Å². The topological polar surface area (TPSA) is 230 Å². The molecule has 0 saturated heterocycles. The Kier molecular flexibility index (Phi) is 33.0. The minimum Gasteiger partial charge on any atom is -0.478 e. The van der Waals surface area contributed by atoms with Crippen LogP contribution in [-0.2, 0) is 0 Å². The fourth-order valence-electron chi connectivity index (χ4n) is 4.64. The Hall–Kier alpha value is -5.40. The predicted octanol–water partition coefficient (Wildman–Crippen LogP) is 8.26. The van der Waals surface area contributed by atoms with Crippen LogP contribution in [0.2, 0.25) is 0 Å². The number of rotatable bonds is 15. The zero-order chi connectivity index (χ0) is 43.4. The summed E-state index contributed by atoms with van der Waals surface area (Å²) in [5.41, 5.74) is 1.32. The van der Waals surface area contributed by atoms with Gasteiger partial charge < -0.3 is 40.9 Å². The molecular weight excluding hydrogens is 732 g/mol. The SMILES string of the molecule is CCCC(CO)C(O)CC.CCCCC(CO)C(O)CC.O=C(O)c1ccccc1.O=C(O)c1ccccc1.O=C(O)c1ccccc1.O=C(O)c1ccccc1. The molecule has 12 nitrogen and oxygen atoms in total. The van der Waals surface area contributed by atoms with Crippen LogP contribution < -0.4 is 0 Å². The third-order valence-electron chi connectivity index (χ3n) is 8.06. The first-order valence-electron chi connectivity index (χ1n) is 18.9. The number of hydrogen-bond donors (Lipinski definition) is 8. The van der Waals surface area contributed by atoms with E-state index in [1.54, 1.807) is 121 Å². The number of aliphatic hydroxyl groups excluding tert-OH is 4. The number of aromatic carboxylic acids is 4. The summed E-state index contributed by atoms with van der Waals surface area (Å²) < 4.78 is 0.